The zero-order chi connectivity index (χ0) is 24.8. The highest BCUT2D eigenvalue weighted by Crippen LogP contribution is 2.49. The zero-order valence-corrected chi connectivity index (χ0v) is 20.1. The van der Waals surface area contributed by atoms with Gasteiger partial charge in [-0.25, -0.2) is 0 Å². The molecule has 36 heavy (non-hydrogen) atoms. The van der Waals surface area contributed by atoms with Crippen LogP contribution in [0.3, 0.4) is 0 Å². The van der Waals surface area contributed by atoms with E-state index in [4.69, 9.17) is 4.98 Å². The number of para-hydroxylation sites is 1. The normalized spacial score (nSPS) is 13.7. The Kier molecular flexibility index (Phi) is 5.28. The maximum absolute atomic E-state index is 13.2. The quantitative estimate of drug-likeness (QED) is 0.285. The fraction of sp³-hybridized carbons (Fsp3) is 0.167. The van der Waals surface area contributed by atoms with Gasteiger partial charge in [0, 0.05) is 34.1 Å². The molecular formula is C30H24N5O-. The summed E-state index contributed by atoms with van der Waals surface area (Å²) in [6.45, 7) is 3.99. The van der Waals surface area contributed by atoms with Gasteiger partial charge in [0.25, 0.3) is 0 Å². The summed E-state index contributed by atoms with van der Waals surface area (Å²) in [5.41, 5.74) is 7.91. The predicted molar refractivity (Wildman–Crippen MR) is 145 cm³/mol. The number of anilines is 3. The van der Waals surface area contributed by atoms with E-state index in [0.717, 1.165) is 54.9 Å². The van der Waals surface area contributed by atoms with Crippen molar-refractivity contribution in [3.8, 4) is 17.2 Å². The van der Waals surface area contributed by atoms with E-state index < -0.39 is 0 Å². The zero-order valence-electron chi connectivity index (χ0n) is 20.1. The molecule has 0 saturated carbocycles. The molecule has 0 spiro atoms. The number of hydrogen-bond donors (Lipinski definition) is 0. The Morgan fingerprint density at radius 2 is 1.81 bits per heavy atom. The summed E-state index contributed by atoms with van der Waals surface area (Å²) in [6, 6.07) is 26.7. The van der Waals surface area contributed by atoms with Crippen molar-refractivity contribution >= 4 is 38.9 Å². The van der Waals surface area contributed by atoms with Crippen LogP contribution in [-0.2, 0) is 6.42 Å². The van der Waals surface area contributed by atoms with Crippen molar-refractivity contribution in [1.82, 2.24) is 9.97 Å². The molecule has 1 atom stereocenters. The Bertz CT molecular complexity index is 1670. The van der Waals surface area contributed by atoms with E-state index in [1.807, 2.05) is 68.6 Å². The van der Waals surface area contributed by atoms with E-state index in [-0.39, 0.29) is 12.6 Å². The lowest BCUT2D eigenvalue weighted by molar-refractivity contribution is 0.739. The first kappa shape index (κ1) is 22.0. The topological polar surface area (TPSA) is 79.1 Å². The van der Waals surface area contributed by atoms with Crippen LogP contribution in [0.4, 0.5) is 17.1 Å². The van der Waals surface area contributed by atoms with E-state index in [0.29, 0.717) is 17.8 Å². The summed E-state index contributed by atoms with van der Waals surface area (Å²) in [6.07, 6.45) is 2.55. The maximum Gasteiger partial charge on any atom is 0.0851 e. The van der Waals surface area contributed by atoms with Crippen LogP contribution in [0.15, 0.2) is 79.0 Å². The Balaban J connectivity index is 1.58. The van der Waals surface area contributed by atoms with Crippen LogP contribution in [0.1, 0.15) is 18.2 Å². The molecule has 6 nitrogen and oxygen atoms in total. The number of benzene rings is 3. The van der Waals surface area contributed by atoms with E-state index in [1.54, 1.807) is 0 Å². The van der Waals surface area contributed by atoms with Crippen molar-refractivity contribution < 1.29 is 0 Å². The molecule has 0 saturated heterocycles. The fourth-order valence-electron chi connectivity index (χ4n) is 5.16. The van der Waals surface area contributed by atoms with Crippen molar-refractivity contribution in [1.29, 1.82) is 5.26 Å². The van der Waals surface area contributed by atoms with Gasteiger partial charge in [0.1, 0.15) is 0 Å². The highest BCUT2D eigenvalue weighted by atomic mass is 16.5. The Hall–Kier alpha value is -4.47. The Morgan fingerprint density at radius 1 is 1.00 bits per heavy atom. The van der Waals surface area contributed by atoms with Crippen LogP contribution in [0.5, 0.6) is 0 Å². The molecule has 0 N–H and O–H groups in total. The molecule has 1 aliphatic heterocycles. The van der Waals surface area contributed by atoms with Gasteiger partial charge >= 0.3 is 0 Å². The van der Waals surface area contributed by atoms with Gasteiger partial charge < -0.3 is 15.2 Å². The predicted octanol–water partition coefficient (Wildman–Crippen LogP) is 6.87. The van der Waals surface area contributed by atoms with Gasteiger partial charge in [0.15, 0.2) is 0 Å². The number of pyridine rings is 2. The molecule has 6 rings (SSSR count). The van der Waals surface area contributed by atoms with Crippen molar-refractivity contribution in [2.24, 2.45) is 5.92 Å². The van der Waals surface area contributed by atoms with Gasteiger partial charge in [-0.3, -0.25) is 9.97 Å². The van der Waals surface area contributed by atoms with Gasteiger partial charge in [-0.2, -0.15) is 5.26 Å². The summed E-state index contributed by atoms with van der Waals surface area (Å²) in [7, 11) is 0. The van der Waals surface area contributed by atoms with Crippen molar-refractivity contribution in [3.63, 3.8) is 0 Å². The molecule has 3 heterocycles. The number of nitriles is 1. The fourth-order valence-corrected chi connectivity index (χ4v) is 5.16. The summed E-state index contributed by atoms with van der Waals surface area (Å²) >= 11 is 0. The van der Waals surface area contributed by atoms with E-state index in [2.05, 4.69) is 40.2 Å². The van der Waals surface area contributed by atoms with Crippen LogP contribution in [0, 0.1) is 29.4 Å². The van der Waals surface area contributed by atoms with Crippen LogP contribution in [-0.4, -0.2) is 16.6 Å². The first-order chi connectivity index (χ1) is 17.5. The van der Waals surface area contributed by atoms with Gasteiger partial charge in [-0.1, -0.05) is 42.5 Å². The van der Waals surface area contributed by atoms with E-state index >= 15 is 0 Å². The average molecular weight is 471 g/mol. The second-order valence-electron chi connectivity index (χ2n) is 9.36. The number of hydroxylamine groups is 1. The summed E-state index contributed by atoms with van der Waals surface area (Å²) in [4.78, 5) is 11.6. The minimum atomic E-state index is -0.0820. The van der Waals surface area contributed by atoms with Crippen LogP contribution < -0.4 is 9.96 Å². The first-order valence-electron chi connectivity index (χ1n) is 12.0. The molecular weight excluding hydrogens is 446 g/mol. The summed E-state index contributed by atoms with van der Waals surface area (Å²) < 4.78 is 0. The Morgan fingerprint density at radius 3 is 2.67 bits per heavy atom. The monoisotopic (exact) mass is 470 g/mol. The number of aromatic nitrogens is 2. The van der Waals surface area contributed by atoms with E-state index in [9.17, 15) is 10.5 Å². The highest BCUT2D eigenvalue weighted by Gasteiger charge is 2.29. The molecule has 0 aliphatic carbocycles. The third-order valence-electron chi connectivity index (χ3n) is 6.81. The second kappa shape index (κ2) is 8.63. The molecule has 1 unspecified atom stereocenters. The molecule has 0 bridgehead atoms. The lowest BCUT2D eigenvalue weighted by atomic mass is 9.97. The van der Waals surface area contributed by atoms with Gasteiger partial charge in [0.2, 0.25) is 0 Å². The molecule has 2 aromatic heterocycles. The highest BCUT2D eigenvalue weighted by molar-refractivity contribution is 6.11. The van der Waals surface area contributed by atoms with Crippen LogP contribution >= 0.6 is 0 Å². The van der Waals surface area contributed by atoms with Gasteiger partial charge in [0.05, 0.1) is 40.8 Å². The molecule has 3 aromatic carbocycles. The molecule has 0 radical (unpaired) electrons. The van der Waals surface area contributed by atoms with Crippen LogP contribution in [0.25, 0.3) is 32.9 Å². The van der Waals surface area contributed by atoms with E-state index in [1.165, 1.54) is 0 Å². The number of rotatable bonds is 4. The minimum Gasteiger partial charge on any atom is -0.757 e. The van der Waals surface area contributed by atoms with Crippen molar-refractivity contribution in [2.75, 3.05) is 16.6 Å². The number of hydrogen-bond acceptors (Lipinski definition) is 6. The third-order valence-corrected chi connectivity index (χ3v) is 6.81. The average Bonchev–Trinajstić information content (AvgIpc) is 3.26. The second-order valence-corrected chi connectivity index (χ2v) is 9.36. The van der Waals surface area contributed by atoms with Gasteiger partial charge in [-0.05, 0) is 61.7 Å². The largest absolute Gasteiger partial charge is 0.757 e. The first-order valence-corrected chi connectivity index (χ1v) is 12.0. The SMILES string of the molecule is Cc1nc2cccc(-c3cnc4ccccc4c3)c2c2c1N([O-])CN2c1cccc(CC(C)C#N)c1. The van der Waals surface area contributed by atoms with Gasteiger partial charge in [-0.15, -0.1) is 0 Å². The minimum absolute atomic E-state index is 0.0820. The Labute approximate surface area is 209 Å². The number of aryl methyl sites for hydroxylation is 1. The molecule has 0 fully saturated rings. The summed E-state index contributed by atoms with van der Waals surface area (Å²) in [5, 5.41) is 25.5. The summed E-state index contributed by atoms with van der Waals surface area (Å²) in [5.74, 6) is -0.0820. The lowest BCUT2D eigenvalue weighted by Crippen LogP contribution is -2.23. The molecule has 1 aliphatic rings. The number of fused-ring (bicyclic) bond motifs is 4. The number of nitrogens with zero attached hydrogens (tertiary/aromatic N) is 5. The van der Waals surface area contributed by atoms with Crippen molar-refractivity contribution in [2.45, 2.75) is 20.3 Å². The molecule has 0 amide bonds. The molecule has 176 valence electrons. The lowest BCUT2D eigenvalue weighted by Gasteiger charge is -2.26. The standard InChI is InChI=1S/C30H24N5O/c1-19(16-31)13-21-7-5-9-24(14-21)34-18-35(36)29-20(2)33-27-12-6-10-25(28(27)30(29)34)23-15-22-8-3-4-11-26(22)32-17-23/h3-12,14-15,17,19H,13,18H2,1-2H3/q-1. The molecule has 5 aromatic rings. The maximum atomic E-state index is 13.2. The van der Waals surface area contributed by atoms with Crippen LogP contribution in [0.2, 0.25) is 0 Å². The smallest absolute Gasteiger partial charge is 0.0851 e. The third kappa shape index (κ3) is 3.62. The van der Waals surface area contributed by atoms with Crippen molar-refractivity contribution in [3.05, 3.63) is 95.5 Å². The molecule has 6 heteroatoms.